The van der Waals surface area contributed by atoms with Crippen molar-refractivity contribution in [1.82, 2.24) is 0 Å². The molecule has 2 rings (SSSR count). The maximum absolute atomic E-state index is 13.3. The molecule has 0 spiro atoms. The molecule has 0 fully saturated rings. The van der Waals surface area contributed by atoms with Gasteiger partial charge in [0.05, 0.1) is 0 Å². The molecule has 0 atom stereocenters. The van der Waals surface area contributed by atoms with Crippen LogP contribution in [0.2, 0.25) is 0 Å². The van der Waals surface area contributed by atoms with Gasteiger partial charge in [-0.15, -0.1) is 0 Å². The van der Waals surface area contributed by atoms with Crippen molar-refractivity contribution in [2.75, 3.05) is 5.73 Å². The molecule has 2 aromatic carbocycles. The third-order valence-electron chi connectivity index (χ3n) is 2.83. The Kier molecular flexibility index (Phi) is 3.69. The molecule has 2 nitrogen and oxygen atoms in total. The van der Waals surface area contributed by atoms with E-state index in [9.17, 15) is 8.78 Å². The van der Waals surface area contributed by atoms with E-state index in [0.717, 1.165) is 17.7 Å². The summed E-state index contributed by atoms with van der Waals surface area (Å²) in [6, 6.07) is 9.10. The number of hydrogen-bond acceptors (Lipinski definition) is 2. The fourth-order valence-corrected chi connectivity index (χ4v) is 1.69. The van der Waals surface area contributed by atoms with Gasteiger partial charge < -0.3 is 10.5 Å². The summed E-state index contributed by atoms with van der Waals surface area (Å²) in [7, 11) is 0. The van der Waals surface area contributed by atoms with E-state index in [4.69, 9.17) is 10.5 Å². The van der Waals surface area contributed by atoms with Crippen LogP contribution in [0.25, 0.3) is 0 Å². The number of benzene rings is 2. The largest absolute Gasteiger partial charge is 0.455 e. The number of nitrogen functional groups attached to an aromatic ring is 1. The van der Waals surface area contributed by atoms with Gasteiger partial charge in [-0.05, 0) is 23.6 Å². The highest BCUT2D eigenvalue weighted by molar-refractivity contribution is 5.55. The third kappa shape index (κ3) is 3.02. The first-order valence-corrected chi connectivity index (χ1v) is 5.99. The van der Waals surface area contributed by atoms with Crippen LogP contribution in [0.3, 0.4) is 0 Å². The van der Waals surface area contributed by atoms with Crippen LogP contribution >= 0.6 is 0 Å². The number of ether oxygens (including phenoxy) is 1. The van der Waals surface area contributed by atoms with Gasteiger partial charge in [-0.2, -0.15) is 0 Å². The Morgan fingerprint density at radius 2 is 1.68 bits per heavy atom. The Morgan fingerprint density at radius 1 is 1.05 bits per heavy atom. The molecule has 0 unspecified atom stereocenters. The van der Waals surface area contributed by atoms with E-state index in [-0.39, 0.29) is 11.4 Å². The summed E-state index contributed by atoms with van der Waals surface area (Å²) in [5, 5.41) is 0. The van der Waals surface area contributed by atoms with Crippen LogP contribution in [0.15, 0.2) is 36.4 Å². The van der Waals surface area contributed by atoms with Gasteiger partial charge in [-0.25, -0.2) is 8.78 Å². The maximum atomic E-state index is 13.3. The van der Waals surface area contributed by atoms with Crippen molar-refractivity contribution in [3.63, 3.8) is 0 Å². The van der Waals surface area contributed by atoms with Crippen LogP contribution in [-0.4, -0.2) is 0 Å². The molecule has 4 heteroatoms. The third-order valence-corrected chi connectivity index (χ3v) is 2.83. The van der Waals surface area contributed by atoms with E-state index in [0.29, 0.717) is 11.7 Å². The predicted octanol–water partition coefficient (Wildman–Crippen LogP) is 4.46. The molecular formula is C15H15F2NO. The first kappa shape index (κ1) is 13.3. The summed E-state index contributed by atoms with van der Waals surface area (Å²) in [5.74, 6) is -0.670. The highest BCUT2D eigenvalue weighted by atomic mass is 19.1. The van der Waals surface area contributed by atoms with Crippen molar-refractivity contribution in [1.29, 1.82) is 0 Å². The average molecular weight is 263 g/mol. The number of hydrogen-bond donors (Lipinski definition) is 1. The average Bonchev–Trinajstić information content (AvgIpc) is 2.36. The lowest BCUT2D eigenvalue weighted by atomic mass is 10.0. The highest BCUT2D eigenvalue weighted by Gasteiger charge is 2.10. The minimum atomic E-state index is -0.825. The molecule has 19 heavy (non-hydrogen) atoms. The van der Waals surface area contributed by atoms with Crippen molar-refractivity contribution in [3.8, 4) is 11.5 Å². The monoisotopic (exact) mass is 263 g/mol. The van der Waals surface area contributed by atoms with Gasteiger partial charge in [0, 0.05) is 12.1 Å². The Hall–Kier alpha value is -2.10. The van der Waals surface area contributed by atoms with Crippen LogP contribution in [0.1, 0.15) is 25.3 Å². The smallest absolute Gasteiger partial charge is 0.156 e. The molecule has 0 aliphatic carbocycles. The van der Waals surface area contributed by atoms with Crippen LogP contribution in [0, 0.1) is 11.6 Å². The second-order valence-corrected chi connectivity index (χ2v) is 4.63. The maximum Gasteiger partial charge on any atom is 0.156 e. The molecule has 0 radical (unpaired) electrons. The Bertz CT molecular complexity index is 579. The second-order valence-electron chi connectivity index (χ2n) is 4.63. The first-order valence-electron chi connectivity index (χ1n) is 5.99. The van der Waals surface area contributed by atoms with Gasteiger partial charge in [0.2, 0.25) is 0 Å². The topological polar surface area (TPSA) is 35.2 Å². The molecule has 0 bridgehead atoms. The molecule has 2 aromatic rings. The normalized spacial score (nSPS) is 10.8. The zero-order valence-electron chi connectivity index (χ0n) is 10.8. The van der Waals surface area contributed by atoms with E-state index in [1.165, 1.54) is 0 Å². The fourth-order valence-electron chi connectivity index (χ4n) is 1.69. The first-order chi connectivity index (χ1) is 8.97. The second kappa shape index (κ2) is 5.26. The van der Waals surface area contributed by atoms with E-state index < -0.39 is 11.6 Å². The molecule has 100 valence electrons. The lowest BCUT2D eigenvalue weighted by molar-refractivity contribution is 0.472. The lowest BCUT2D eigenvalue weighted by Gasteiger charge is -2.11. The van der Waals surface area contributed by atoms with Gasteiger partial charge in [0.15, 0.2) is 11.6 Å². The summed E-state index contributed by atoms with van der Waals surface area (Å²) in [4.78, 5) is 0. The van der Waals surface area contributed by atoms with Crippen LogP contribution in [-0.2, 0) is 0 Å². The van der Waals surface area contributed by atoms with Crippen LogP contribution in [0.4, 0.5) is 14.5 Å². The number of halogens is 2. The summed E-state index contributed by atoms with van der Waals surface area (Å²) < 4.78 is 31.8. The lowest BCUT2D eigenvalue weighted by Crippen LogP contribution is -1.97. The van der Waals surface area contributed by atoms with Crippen molar-refractivity contribution in [2.24, 2.45) is 0 Å². The molecule has 0 saturated heterocycles. The van der Waals surface area contributed by atoms with E-state index in [1.54, 1.807) is 12.1 Å². The summed E-state index contributed by atoms with van der Waals surface area (Å²) in [6.07, 6.45) is 0. The van der Waals surface area contributed by atoms with E-state index in [1.807, 2.05) is 12.1 Å². The SMILES string of the molecule is CC(C)c1ccc(Oc2cc(F)cc(F)c2N)cc1. The fraction of sp³-hybridized carbons (Fsp3) is 0.200. The molecule has 0 heterocycles. The minimum Gasteiger partial charge on any atom is -0.455 e. The Morgan fingerprint density at radius 3 is 2.26 bits per heavy atom. The zero-order chi connectivity index (χ0) is 14.0. The number of rotatable bonds is 3. The van der Waals surface area contributed by atoms with Crippen molar-refractivity contribution in [3.05, 3.63) is 53.6 Å². The van der Waals surface area contributed by atoms with Gasteiger partial charge in [0.1, 0.15) is 17.3 Å². The summed E-state index contributed by atoms with van der Waals surface area (Å²) in [6.45, 7) is 4.16. The predicted molar refractivity (Wildman–Crippen MR) is 71.4 cm³/mol. The van der Waals surface area contributed by atoms with Crippen molar-refractivity contribution < 1.29 is 13.5 Å². The Balaban J connectivity index is 2.26. The summed E-state index contributed by atoms with van der Waals surface area (Å²) >= 11 is 0. The number of nitrogens with two attached hydrogens (primary N) is 1. The molecule has 0 aliphatic rings. The summed E-state index contributed by atoms with van der Waals surface area (Å²) in [5.41, 5.74) is 6.47. The molecule has 0 aromatic heterocycles. The van der Waals surface area contributed by atoms with Gasteiger partial charge in [-0.3, -0.25) is 0 Å². The van der Waals surface area contributed by atoms with Crippen LogP contribution < -0.4 is 10.5 Å². The standard InChI is InChI=1S/C15H15F2NO/c1-9(2)10-3-5-12(6-4-10)19-14-8-11(16)7-13(17)15(14)18/h3-9H,18H2,1-2H3. The van der Waals surface area contributed by atoms with Crippen LogP contribution in [0.5, 0.6) is 11.5 Å². The molecule has 0 saturated carbocycles. The number of anilines is 1. The van der Waals surface area contributed by atoms with Gasteiger partial charge in [0.25, 0.3) is 0 Å². The zero-order valence-corrected chi connectivity index (χ0v) is 10.8. The van der Waals surface area contributed by atoms with Crippen molar-refractivity contribution >= 4 is 5.69 Å². The highest BCUT2D eigenvalue weighted by Crippen LogP contribution is 2.31. The van der Waals surface area contributed by atoms with E-state index >= 15 is 0 Å². The van der Waals surface area contributed by atoms with Crippen molar-refractivity contribution in [2.45, 2.75) is 19.8 Å². The molecule has 0 aliphatic heterocycles. The molecule has 0 amide bonds. The Labute approximate surface area is 110 Å². The molecular weight excluding hydrogens is 248 g/mol. The van der Waals surface area contributed by atoms with E-state index in [2.05, 4.69) is 13.8 Å². The quantitative estimate of drug-likeness (QED) is 0.829. The molecule has 2 N–H and O–H groups in total. The minimum absolute atomic E-state index is 0.0187. The van der Waals surface area contributed by atoms with Gasteiger partial charge in [-0.1, -0.05) is 26.0 Å². The van der Waals surface area contributed by atoms with Gasteiger partial charge >= 0.3 is 0 Å².